The third-order valence-electron chi connectivity index (χ3n) is 3.05. The molecule has 1 amide bonds. The Bertz CT molecular complexity index is 491. The minimum Gasteiger partial charge on any atom is -0.495 e. The second kappa shape index (κ2) is 7.89. The van der Waals surface area contributed by atoms with Gasteiger partial charge in [-0.15, -0.1) is 0 Å². The first kappa shape index (κ1) is 16.5. The van der Waals surface area contributed by atoms with E-state index >= 15 is 0 Å². The van der Waals surface area contributed by atoms with Crippen molar-refractivity contribution in [2.45, 2.75) is 31.9 Å². The number of hydrogen-bond acceptors (Lipinski definition) is 4. The van der Waals surface area contributed by atoms with E-state index in [1.807, 2.05) is 13.8 Å². The standard InChI is InChI=1S/C14H22N2O3S/c1-4-10(2)20(18)8-7-14(17)16-12-9-11(15)5-6-13(12)19-3/h5-6,9-10H,4,7-8,15H2,1-3H3,(H,16,17). The fourth-order valence-electron chi connectivity index (χ4n) is 1.62. The van der Waals surface area contributed by atoms with Gasteiger partial charge in [-0.05, 0) is 24.6 Å². The molecule has 0 aliphatic heterocycles. The highest BCUT2D eigenvalue weighted by molar-refractivity contribution is 7.85. The summed E-state index contributed by atoms with van der Waals surface area (Å²) in [6.45, 7) is 3.91. The number of amides is 1. The molecule has 0 heterocycles. The second-order valence-corrected chi connectivity index (χ2v) is 6.54. The van der Waals surface area contributed by atoms with Gasteiger partial charge in [-0.3, -0.25) is 9.00 Å². The Balaban J connectivity index is 2.58. The lowest BCUT2D eigenvalue weighted by Crippen LogP contribution is -2.19. The summed E-state index contributed by atoms with van der Waals surface area (Å²) in [5.41, 5.74) is 6.76. The van der Waals surface area contributed by atoms with Crippen molar-refractivity contribution in [3.8, 4) is 5.75 Å². The monoisotopic (exact) mass is 298 g/mol. The smallest absolute Gasteiger partial charge is 0.225 e. The van der Waals surface area contributed by atoms with Crippen LogP contribution < -0.4 is 15.8 Å². The first-order valence-corrected chi connectivity index (χ1v) is 7.96. The van der Waals surface area contributed by atoms with Crippen LogP contribution in [0.4, 0.5) is 11.4 Å². The van der Waals surface area contributed by atoms with Crippen molar-refractivity contribution in [3.63, 3.8) is 0 Å². The highest BCUT2D eigenvalue weighted by atomic mass is 32.2. The summed E-state index contributed by atoms with van der Waals surface area (Å²) in [6, 6.07) is 5.04. The van der Waals surface area contributed by atoms with Gasteiger partial charge in [0, 0.05) is 33.9 Å². The van der Waals surface area contributed by atoms with Crippen LogP contribution in [0.2, 0.25) is 0 Å². The largest absolute Gasteiger partial charge is 0.495 e. The molecule has 1 aromatic rings. The van der Waals surface area contributed by atoms with Gasteiger partial charge in [0.2, 0.25) is 5.91 Å². The Labute approximate surface area is 122 Å². The average Bonchev–Trinajstić information content (AvgIpc) is 2.44. The molecule has 0 saturated carbocycles. The number of nitrogens with two attached hydrogens (primary N) is 1. The zero-order valence-corrected chi connectivity index (χ0v) is 13.0. The van der Waals surface area contributed by atoms with Crippen molar-refractivity contribution < 1.29 is 13.7 Å². The maximum Gasteiger partial charge on any atom is 0.225 e. The van der Waals surface area contributed by atoms with Crippen molar-refractivity contribution in [1.82, 2.24) is 0 Å². The molecule has 0 saturated heterocycles. The van der Waals surface area contributed by atoms with Gasteiger partial charge in [-0.1, -0.05) is 13.8 Å². The van der Waals surface area contributed by atoms with Gasteiger partial charge < -0.3 is 15.8 Å². The number of nitrogen functional groups attached to an aromatic ring is 1. The van der Waals surface area contributed by atoms with Gasteiger partial charge in [-0.2, -0.15) is 0 Å². The topological polar surface area (TPSA) is 81.4 Å². The number of ether oxygens (including phenoxy) is 1. The Kier molecular flexibility index (Phi) is 6.51. The van der Waals surface area contributed by atoms with E-state index in [1.54, 1.807) is 18.2 Å². The lowest BCUT2D eigenvalue weighted by molar-refractivity contribution is -0.115. The Hall–Kier alpha value is -1.56. The number of anilines is 2. The van der Waals surface area contributed by atoms with Gasteiger partial charge in [0.15, 0.2) is 0 Å². The minimum absolute atomic E-state index is 0.115. The quantitative estimate of drug-likeness (QED) is 0.756. The molecule has 5 nitrogen and oxygen atoms in total. The van der Waals surface area contributed by atoms with Crippen molar-refractivity contribution in [2.75, 3.05) is 23.9 Å². The highest BCUT2D eigenvalue weighted by Crippen LogP contribution is 2.26. The molecule has 112 valence electrons. The van der Waals surface area contributed by atoms with E-state index < -0.39 is 10.8 Å². The molecule has 1 rings (SSSR count). The van der Waals surface area contributed by atoms with Gasteiger partial charge in [0.1, 0.15) is 5.75 Å². The van der Waals surface area contributed by atoms with E-state index in [0.29, 0.717) is 22.9 Å². The number of carbonyl (C=O) groups is 1. The number of hydrogen-bond donors (Lipinski definition) is 2. The Morgan fingerprint density at radius 1 is 1.50 bits per heavy atom. The number of carbonyl (C=O) groups excluding carboxylic acids is 1. The van der Waals surface area contributed by atoms with Gasteiger partial charge >= 0.3 is 0 Å². The summed E-state index contributed by atoms with van der Waals surface area (Å²) < 4.78 is 16.9. The van der Waals surface area contributed by atoms with Crippen LogP contribution in [-0.4, -0.2) is 28.2 Å². The number of benzene rings is 1. The molecule has 0 bridgehead atoms. The summed E-state index contributed by atoms with van der Waals surface area (Å²) in [7, 11) is 0.555. The predicted octanol–water partition coefficient (Wildman–Crippen LogP) is 2.15. The van der Waals surface area contributed by atoms with Gasteiger partial charge in [0.05, 0.1) is 12.8 Å². The fourth-order valence-corrected chi connectivity index (χ4v) is 2.78. The van der Waals surface area contributed by atoms with Crippen LogP contribution in [-0.2, 0) is 15.6 Å². The summed E-state index contributed by atoms with van der Waals surface area (Å²) in [4.78, 5) is 11.9. The summed E-state index contributed by atoms with van der Waals surface area (Å²) in [5, 5.41) is 2.85. The molecule has 1 aromatic carbocycles. The third kappa shape index (κ3) is 4.85. The molecular weight excluding hydrogens is 276 g/mol. The second-order valence-electron chi connectivity index (χ2n) is 4.56. The number of methoxy groups -OCH3 is 1. The Morgan fingerprint density at radius 2 is 2.20 bits per heavy atom. The maximum absolute atomic E-state index is 11.9. The molecule has 6 heteroatoms. The third-order valence-corrected chi connectivity index (χ3v) is 4.89. The molecule has 0 aromatic heterocycles. The molecule has 0 spiro atoms. The predicted molar refractivity (Wildman–Crippen MR) is 83.4 cm³/mol. The summed E-state index contributed by atoms with van der Waals surface area (Å²) >= 11 is 0. The first-order valence-electron chi connectivity index (χ1n) is 6.58. The molecule has 0 aliphatic carbocycles. The van der Waals surface area contributed by atoms with E-state index in [9.17, 15) is 9.00 Å². The average molecular weight is 298 g/mol. The van der Waals surface area contributed by atoms with Crippen LogP contribution >= 0.6 is 0 Å². The number of rotatable bonds is 7. The molecular formula is C14H22N2O3S. The van der Waals surface area contributed by atoms with Crippen LogP contribution in [0, 0.1) is 0 Å². The van der Waals surface area contributed by atoms with Gasteiger partial charge in [0.25, 0.3) is 0 Å². The first-order chi connectivity index (χ1) is 9.47. The normalized spacial score (nSPS) is 13.6. The molecule has 20 heavy (non-hydrogen) atoms. The van der Waals surface area contributed by atoms with E-state index in [0.717, 1.165) is 6.42 Å². The fraction of sp³-hybridized carbons (Fsp3) is 0.500. The van der Waals surface area contributed by atoms with Crippen LogP contribution in [0.3, 0.4) is 0 Å². The molecule has 0 fully saturated rings. The summed E-state index contributed by atoms with van der Waals surface area (Å²) in [5.74, 6) is 0.729. The van der Waals surface area contributed by atoms with E-state index in [-0.39, 0.29) is 17.6 Å². The number of nitrogens with one attached hydrogen (secondary N) is 1. The van der Waals surface area contributed by atoms with Crippen molar-refractivity contribution >= 4 is 28.1 Å². The maximum atomic E-state index is 11.9. The SMILES string of the molecule is CCC(C)S(=O)CCC(=O)Nc1cc(N)ccc1OC. The molecule has 0 aliphatic rings. The van der Waals surface area contributed by atoms with Crippen molar-refractivity contribution in [2.24, 2.45) is 0 Å². The molecule has 3 N–H and O–H groups in total. The molecule has 2 atom stereocenters. The van der Waals surface area contributed by atoms with E-state index in [2.05, 4.69) is 5.32 Å². The van der Waals surface area contributed by atoms with E-state index in [1.165, 1.54) is 7.11 Å². The zero-order valence-electron chi connectivity index (χ0n) is 12.1. The van der Waals surface area contributed by atoms with Crippen molar-refractivity contribution in [3.05, 3.63) is 18.2 Å². The lowest BCUT2D eigenvalue weighted by atomic mass is 10.2. The van der Waals surface area contributed by atoms with Crippen LogP contribution in [0.1, 0.15) is 26.7 Å². The van der Waals surface area contributed by atoms with Gasteiger partial charge in [-0.25, -0.2) is 0 Å². The Morgan fingerprint density at radius 3 is 2.80 bits per heavy atom. The zero-order chi connectivity index (χ0) is 15.1. The van der Waals surface area contributed by atoms with Crippen LogP contribution in [0.5, 0.6) is 5.75 Å². The summed E-state index contributed by atoms with van der Waals surface area (Å²) in [6.07, 6.45) is 1.06. The van der Waals surface area contributed by atoms with Crippen LogP contribution in [0.15, 0.2) is 18.2 Å². The molecule has 0 radical (unpaired) electrons. The molecule has 2 unspecified atom stereocenters. The van der Waals surface area contributed by atoms with Crippen molar-refractivity contribution in [1.29, 1.82) is 0 Å². The van der Waals surface area contributed by atoms with Crippen LogP contribution in [0.25, 0.3) is 0 Å². The van der Waals surface area contributed by atoms with E-state index in [4.69, 9.17) is 10.5 Å². The lowest BCUT2D eigenvalue weighted by Gasteiger charge is -2.12. The highest BCUT2D eigenvalue weighted by Gasteiger charge is 2.12. The minimum atomic E-state index is -0.972.